The van der Waals surface area contributed by atoms with Crippen molar-refractivity contribution >= 4 is 67.8 Å². The molecule has 45 heavy (non-hydrogen) atoms. The standard InChI is InChI=1S/4C6H6O4S.Pb/c4*7-5-1-3-6(4-2-5)11(8,9)10;/h4*1-4,7H,(H,8,9,10);/p-4. The Bertz CT molecular complexity index is 1650. The maximum Gasteiger partial charge on any atom is 0.124 e. The quantitative estimate of drug-likeness (QED) is 0.163. The van der Waals surface area contributed by atoms with Crippen LogP contribution in [-0.4, -0.2) is 99.6 Å². The van der Waals surface area contributed by atoms with Gasteiger partial charge in [0.05, 0.1) is 19.6 Å². The molecule has 0 atom stereocenters. The molecule has 21 heteroatoms. The Morgan fingerprint density at radius 3 is 0.511 bits per heavy atom. The van der Waals surface area contributed by atoms with Gasteiger partial charge < -0.3 is 38.6 Å². The molecule has 0 saturated carbocycles. The number of hydrogen-bond donors (Lipinski definition) is 4. The molecule has 0 heterocycles. The van der Waals surface area contributed by atoms with Crippen molar-refractivity contribution < 1.29 is 72.3 Å². The van der Waals surface area contributed by atoms with Crippen LogP contribution in [0.3, 0.4) is 0 Å². The van der Waals surface area contributed by atoms with Crippen molar-refractivity contribution in [3.8, 4) is 23.0 Å². The van der Waals surface area contributed by atoms with Crippen LogP contribution in [0.4, 0.5) is 0 Å². The summed E-state index contributed by atoms with van der Waals surface area (Å²) in [6.07, 6.45) is 0. The van der Waals surface area contributed by atoms with Crippen molar-refractivity contribution in [3.63, 3.8) is 0 Å². The summed E-state index contributed by atoms with van der Waals surface area (Å²) in [7, 11) is -17.5. The Morgan fingerprint density at radius 2 is 0.422 bits per heavy atom. The summed E-state index contributed by atoms with van der Waals surface area (Å²) >= 11 is 0. The molecule has 0 amide bonds. The maximum absolute atomic E-state index is 10.3. The number of rotatable bonds is 4. The second-order valence-corrected chi connectivity index (χ2v) is 13.3. The summed E-state index contributed by atoms with van der Waals surface area (Å²) < 4.78 is 124. The summed E-state index contributed by atoms with van der Waals surface area (Å²) in [6, 6.07) is 17.6. The largest absolute Gasteiger partial charge is 0.744 e. The third kappa shape index (κ3) is 16.5. The minimum atomic E-state index is -4.38. The first-order chi connectivity index (χ1) is 20.0. The topological polar surface area (TPSA) is 310 Å². The molecule has 0 aromatic heterocycles. The molecular formula is C24H20O16PbS4-4. The third-order valence-electron chi connectivity index (χ3n) is 4.50. The van der Waals surface area contributed by atoms with E-state index in [2.05, 4.69) is 0 Å². The van der Waals surface area contributed by atoms with Gasteiger partial charge in [-0.2, -0.15) is 0 Å². The van der Waals surface area contributed by atoms with E-state index in [-0.39, 0.29) is 69.9 Å². The van der Waals surface area contributed by atoms with E-state index in [0.717, 1.165) is 97.1 Å². The number of hydrogen-bond acceptors (Lipinski definition) is 16. The molecule has 0 aliphatic rings. The van der Waals surface area contributed by atoms with Gasteiger partial charge in [0, 0.05) is 27.3 Å². The summed E-state index contributed by atoms with van der Waals surface area (Å²) in [6.45, 7) is 0. The molecule has 0 bridgehead atoms. The molecule has 16 nitrogen and oxygen atoms in total. The van der Waals surface area contributed by atoms with E-state index < -0.39 is 40.5 Å². The van der Waals surface area contributed by atoms with Crippen LogP contribution in [0.25, 0.3) is 0 Å². The van der Waals surface area contributed by atoms with Crippen molar-refractivity contribution in [2.45, 2.75) is 19.6 Å². The fraction of sp³-hybridized carbons (Fsp3) is 0. The molecule has 4 aromatic rings. The normalized spacial score (nSPS) is 11.1. The first-order valence-electron chi connectivity index (χ1n) is 11.0. The van der Waals surface area contributed by atoms with E-state index in [1.807, 2.05) is 0 Å². The first kappa shape index (κ1) is 41.6. The minimum Gasteiger partial charge on any atom is -0.744 e. The Balaban J connectivity index is 0.000000569. The molecule has 0 saturated heterocycles. The molecule has 4 rings (SSSR count). The molecule has 0 fully saturated rings. The molecule has 0 unspecified atom stereocenters. The van der Waals surface area contributed by atoms with Gasteiger partial charge >= 0.3 is 0 Å². The number of benzene rings is 4. The van der Waals surface area contributed by atoms with Crippen LogP contribution in [0.2, 0.25) is 0 Å². The van der Waals surface area contributed by atoms with Crippen LogP contribution in [0.1, 0.15) is 0 Å². The van der Waals surface area contributed by atoms with E-state index in [1.54, 1.807) is 0 Å². The van der Waals surface area contributed by atoms with Gasteiger partial charge in [-0.1, -0.05) is 0 Å². The van der Waals surface area contributed by atoms with E-state index in [4.69, 9.17) is 20.4 Å². The molecule has 0 spiro atoms. The molecule has 4 radical (unpaired) electrons. The van der Waals surface area contributed by atoms with Crippen LogP contribution in [0.15, 0.2) is 117 Å². The summed E-state index contributed by atoms with van der Waals surface area (Å²) in [5, 5.41) is 34.9. The number of aromatic hydroxyl groups is 4. The smallest absolute Gasteiger partial charge is 0.124 e. The van der Waals surface area contributed by atoms with Gasteiger partial charge in [-0.15, -0.1) is 0 Å². The zero-order chi connectivity index (χ0) is 33.9. The Kier molecular flexibility index (Phi) is 16.1. The number of phenols is 4. The zero-order valence-electron chi connectivity index (χ0n) is 22.1. The van der Waals surface area contributed by atoms with Crippen molar-refractivity contribution in [1.29, 1.82) is 0 Å². The predicted octanol–water partition coefficient (Wildman–Crippen LogP) is 0.804. The molecule has 4 N–H and O–H groups in total. The van der Waals surface area contributed by atoms with Gasteiger partial charge in [-0.05, 0) is 97.1 Å². The fourth-order valence-electron chi connectivity index (χ4n) is 2.45. The molecule has 0 aliphatic carbocycles. The Labute approximate surface area is 278 Å². The Morgan fingerprint density at radius 1 is 0.311 bits per heavy atom. The number of phenolic OH excluding ortho intramolecular Hbond substituents is 4. The van der Waals surface area contributed by atoms with Gasteiger partial charge in [0.15, 0.2) is 0 Å². The van der Waals surface area contributed by atoms with Gasteiger partial charge in [0.25, 0.3) is 0 Å². The predicted molar refractivity (Wildman–Crippen MR) is 150 cm³/mol. The summed E-state index contributed by atoms with van der Waals surface area (Å²) in [5.74, 6) is -0.287. The van der Waals surface area contributed by atoms with E-state index in [0.29, 0.717) is 0 Å². The van der Waals surface area contributed by atoms with Crippen molar-refractivity contribution in [3.05, 3.63) is 97.1 Å². The van der Waals surface area contributed by atoms with Gasteiger partial charge in [-0.3, -0.25) is 0 Å². The average molecular weight is 900 g/mol. The molecule has 4 aromatic carbocycles. The van der Waals surface area contributed by atoms with E-state index in [1.165, 1.54) is 0 Å². The van der Waals surface area contributed by atoms with Gasteiger partial charge in [0.1, 0.15) is 63.5 Å². The molecular weight excluding hydrogens is 880 g/mol. The van der Waals surface area contributed by atoms with Gasteiger partial charge in [-0.25, -0.2) is 33.7 Å². The SMILES string of the molecule is O=S(=O)([O-])c1ccc(O)cc1.O=S(=O)([O-])c1ccc(O)cc1.O=S(=O)([O-])c1ccc(O)cc1.O=S(=O)([O-])c1ccc(O)cc1.[Pb]. The van der Waals surface area contributed by atoms with Gasteiger partial charge in [0.2, 0.25) is 0 Å². The third-order valence-corrected chi connectivity index (χ3v) is 7.90. The van der Waals surface area contributed by atoms with E-state index >= 15 is 0 Å². The van der Waals surface area contributed by atoms with Crippen LogP contribution in [0, 0.1) is 0 Å². The van der Waals surface area contributed by atoms with Crippen molar-refractivity contribution in [2.75, 3.05) is 0 Å². The maximum atomic E-state index is 10.3. The fourth-order valence-corrected chi connectivity index (χ4v) is 4.33. The monoisotopic (exact) mass is 900 g/mol. The zero-order valence-corrected chi connectivity index (χ0v) is 29.2. The van der Waals surface area contributed by atoms with Crippen LogP contribution in [-0.2, 0) is 40.5 Å². The molecule has 244 valence electrons. The van der Waals surface area contributed by atoms with Crippen LogP contribution in [0.5, 0.6) is 23.0 Å². The second kappa shape index (κ2) is 17.4. The van der Waals surface area contributed by atoms with Crippen molar-refractivity contribution in [2.24, 2.45) is 0 Å². The van der Waals surface area contributed by atoms with E-state index in [9.17, 15) is 51.9 Å². The Hall–Kier alpha value is -3.36. The molecule has 0 aliphatic heterocycles. The first-order valence-corrected chi connectivity index (χ1v) is 16.6. The minimum absolute atomic E-state index is 0. The van der Waals surface area contributed by atoms with Crippen molar-refractivity contribution in [1.82, 2.24) is 0 Å². The second-order valence-electron chi connectivity index (χ2n) is 7.79. The van der Waals surface area contributed by atoms with Crippen LogP contribution < -0.4 is 0 Å². The summed E-state index contributed by atoms with van der Waals surface area (Å²) in [4.78, 5) is -1.35. The average Bonchev–Trinajstić information content (AvgIpc) is 2.89. The van der Waals surface area contributed by atoms with Crippen LogP contribution >= 0.6 is 0 Å². The summed E-state index contributed by atoms with van der Waals surface area (Å²) in [5.41, 5.74) is 0.